The SMILES string of the molecule is CC(C)c1cccc(C(C)CCC(C)c2ccc3oc(C(C)C)cc3c2)c1. The summed E-state index contributed by atoms with van der Waals surface area (Å²) in [6.07, 6.45) is 2.41. The Morgan fingerprint density at radius 2 is 1.30 bits per heavy atom. The number of hydrogen-bond acceptors (Lipinski definition) is 1. The molecule has 0 N–H and O–H groups in total. The second kappa shape index (κ2) is 8.33. The van der Waals surface area contributed by atoms with Gasteiger partial charge in [-0.15, -0.1) is 0 Å². The maximum absolute atomic E-state index is 5.95. The molecule has 0 fully saturated rings. The minimum absolute atomic E-state index is 0.431. The highest BCUT2D eigenvalue weighted by Gasteiger charge is 2.13. The Labute approximate surface area is 164 Å². The Balaban J connectivity index is 1.67. The molecule has 1 aromatic heterocycles. The third kappa shape index (κ3) is 4.64. The molecular weight excluding hydrogens is 328 g/mol. The summed E-state index contributed by atoms with van der Waals surface area (Å²) in [5.74, 6) is 3.25. The van der Waals surface area contributed by atoms with Gasteiger partial charge in [-0.25, -0.2) is 0 Å². The van der Waals surface area contributed by atoms with Crippen LogP contribution in [0.2, 0.25) is 0 Å². The van der Waals surface area contributed by atoms with Crippen molar-refractivity contribution in [2.75, 3.05) is 0 Å². The van der Waals surface area contributed by atoms with Crippen molar-refractivity contribution in [1.29, 1.82) is 0 Å². The predicted molar refractivity (Wildman–Crippen MR) is 117 cm³/mol. The van der Waals surface area contributed by atoms with Crippen molar-refractivity contribution in [3.05, 3.63) is 71.0 Å². The van der Waals surface area contributed by atoms with Gasteiger partial charge >= 0.3 is 0 Å². The molecule has 2 unspecified atom stereocenters. The van der Waals surface area contributed by atoms with E-state index < -0.39 is 0 Å². The molecule has 0 aliphatic rings. The van der Waals surface area contributed by atoms with Gasteiger partial charge in [0.2, 0.25) is 0 Å². The number of fused-ring (bicyclic) bond motifs is 1. The molecular formula is C26H34O. The highest BCUT2D eigenvalue weighted by Crippen LogP contribution is 2.32. The number of rotatable bonds is 7. The summed E-state index contributed by atoms with van der Waals surface area (Å²) < 4.78 is 5.95. The number of hydrogen-bond donors (Lipinski definition) is 0. The molecule has 2 atom stereocenters. The molecule has 0 spiro atoms. The van der Waals surface area contributed by atoms with E-state index in [0.29, 0.717) is 23.7 Å². The van der Waals surface area contributed by atoms with Crippen LogP contribution in [0.4, 0.5) is 0 Å². The van der Waals surface area contributed by atoms with Gasteiger partial charge in [0.15, 0.2) is 0 Å². The van der Waals surface area contributed by atoms with E-state index in [2.05, 4.69) is 90.1 Å². The first-order valence-electron chi connectivity index (χ1n) is 10.5. The number of furan rings is 1. The molecule has 1 nitrogen and oxygen atoms in total. The summed E-state index contributed by atoms with van der Waals surface area (Å²) in [5.41, 5.74) is 5.34. The van der Waals surface area contributed by atoms with Crippen molar-refractivity contribution < 1.29 is 4.42 Å². The van der Waals surface area contributed by atoms with Crippen molar-refractivity contribution in [2.45, 2.75) is 78.1 Å². The molecule has 144 valence electrons. The fraction of sp³-hybridized carbons (Fsp3) is 0.462. The van der Waals surface area contributed by atoms with Crippen molar-refractivity contribution in [3.8, 4) is 0 Å². The maximum Gasteiger partial charge on any atom is 0.134 e. The topological polar surface area (TPSA) is 13.1 Å². The van der Waals surface area contributed by atoms with Crippen LogP contribution >= 0.6 is 0 Å². The lowest BCUT2D eigenvalue weighted by molar-refractivity contribution is 0.521. The quantitative estimate of drug-likeness (QED) is 0.411. The van der Waals surface area contributed by atoms with E-state index >= 15 is 0 Å². The second-order valence-corrected chi connectivity index (χ2v) is 8.80. The van der Waals surface area contributed by atoms with Crippen molar-refractivity contribution >= 4 is 11.0 Å². The normalized spacial score (nSPS) is 14.2. The highest BCUT2D eigenvalue weighted by atomic mass is 16.3. The molecule has 0 radical (unpaired) electrons. The fourth-order valence-electron chi connectivity index (χ4n) is 3.73. The first kappa shape index (κ1) is 19.7. The zero-order valence-electron chi connectivity index (χ0n) is 17.8. The predicted octanol–water partition coefficient (Wildman–Crippen LogP) is 8.37. The van der Waals surface area contributed by atoms with Crippen LogP contribution in [-0.2, 0) is 0 Å². The summed E-state index contributed by atoms with van der Waals surface area (Å²) in [7, 11) is 0. The first-order chi connectivity index (χ1) is 12.8. The summed E-state index contributed by atoms with van der Waals surface area (Å²) >= 11 is 0. The van der Waals surface area contributed by atoms with Gasteiger partial charge in [0.05, 0.1) is 0 Å². The summed E-state index contributed by atoms with van der Waals surface area (Å²) in [6.45, 7) is 13.6. The van der Waals surface area contributed by atoms with Crippen LogP contribution < -0.4 is 0 Å². The molecule has 0 bridgehead atoms. The largest absolute Gasteiger partial charge is 0.461 e. The number of benzene rings is 2. The van der Waals surface area contributed by atoms with Gasteiger partial charge in [0, 0.05) is 11.3 Å². The lowest BCUT2D eigenvalue weighted by atomic mass is 9.87. The lowest BCUT2D eigenvalue weighted by Gasteiger charge is -2.18. The van der Waals surface area contributed by atoms with Gasteiger partial charge in [-0.1, -0.05) is 71.9 Å². The van der Waals surface area contributed by atoms with Crippen molar-refractivity contribution in [1.82, 2.24) is 0 Å². The molecule has 0 aliphatic heterocycles. The molecule has 3 aromatic rings. The molecule has 2 aromatic carbocycles. The van der Waals surface area contributed by atoms with E-state index in [1.165, 1.54) is 34.9 Å². The zero-order valence-corrected chi connectivity index (χ0v) is 17.8. The van der Waals surface area contributed by atoms with Crippen LogP contribution in [0.15, 0.2) is 52.9 Å². The van der Waals surface area contributed by atoms with E-state index in [1.54, 1.807) is 0 Å². The third-order valence-electron chi connectivity index (χ3n) is 5.88. The van der Waals surface area contributed by atoms with Crippen LogP contribution in [0.5, 0.6) is 0 Å². The van der Waals surface area contributed by atoms with Gasteiger partial charge in [-0.05, 0) is 65.5 Å². The Bertz CT molecular complexity index is 884. The van der Waals surface area contributed by atoms with Crippen LogP contribution in [0.3, 0.4) is 0 Å². The van der Waals surface area contributed by atoms with Gasteiger partial charge in [0.25, 0.3) is 0 Å². The van der Waals surface area contributed by atoms with Gasteiger partial charge in [-0.2, -0.15) is 0 Å². The van der Waals surface area contributed by atoms with E-state index in [0.717, 1.165) is 11.3 Å². The van der Waals surface area contributed by atoms with Crippen LogP contribution in [0.1, 0.15) is 101 Å². The van der Waals surface area contributed by atoms with E-state index in [1.807, 2.05) is 0 Å². The van der Waals surface area contributed by atoms with E-state index in [-0.39, 0.29) is 0 Å². The molecule has 3 rings (SSSR count). The molecule has 27 heavy (non-hydrogen) atoms. The second-order valence-electron chi connectivity index (χ2n) is 8.80. The molecule has 0 saturated carbocycles. The molecule has 1 heteroatoms. The Hall–Kier alpha value is -2.02. The van der Waals surface area contributed by atoms with E-state index in [9.17, 15) is 0 Å². The zero-order chi connectivity index (χ0) is 19.6. The molecule has 0 aliphatic carbocycles. The van der Waals surface area contributed by atoms with Crippen molar-refractivity contribution in [3.63, 3.8) is 0 Å². The van der Waals surface area contributed by atoms with Gasteiger partial charge < -0.3 is 4.42 Å². The van der Waals surface area contributed by atoms with Crippen LogP contribution in [0, 0.1) is 0 Å². The summed E-state index contributed by atoms with van der Waals surface area (Å²) in [5, 5.41) is 1.24. The third-order valence-corrected chi connectivity index (χ3v) is 5.88. The van der Waals surface area contributed by atoms with E-state index in [4.69, 9.17) is 4.42 Å². The molecule has 1 heterocycles. The Morgan fingerprint density at radius 3 is 1.93 bits per heavy atom. The summed E-state index contributed by atoms with van der Waals surface area (Å²) in [4.78, 5) is 0. The first-order valence-corrected chi connectivity index (χ1v) is 10.5. The Morgan fingerprint density at radius 1 is 0.667 bits per heavy atom. The minimum atomic E-state index is 0.431. The monoisotopic (exact) mass is 362 g/mol. The van der Waals surface area contributed by atoms with Crippen LogP contribution in [-0.4, -0.2) is 0 Å². The van der Waals surface area contributed by atoms with Crippen LogP contribution in [0.25, 0.3) is 11.0 Å². The van der Waals surface area contributed by atoms with Gasteiger partial charge in [-0.3, -0.25) is 0 Å². The van der Waals surface area contributed by atoms with Gasteiger partial charge in [0.1, 0.15) is 11.3 Å². The molecule has 0 amide bonds. The average Bonchev–Trinajstić information content (AvgIpc) is 3.09. The average molecular weight is 363 g/mol. The van der Waals surface area contributed by atoms with Crippen molar-refractivity contribution in [2.24, 2.45) is 0 Å². The summed E-state index contributed by atoms with van der Waals surface area (Å²) in [6, 6.07) is 18.0. The minimum Gasteiger partial charge on any atom is -0.461 e. The highest BCUT2D eigenvalue weighted by molar-refractivity contribution is 5.79. The fourth-order valence-corrected chi connectivity index (χ4v) is 3.73. The standard InChI is InChI=1S/C26H34O/c1-17(2)21-8-7-9-22(14-21)19(5)10-11-20(6)23-12-13-25-24(15-23)16-26(27-25)18(3)4/h7-9,12-20H,10-11H2,1-6H3. The Kier molecular flexibility index (Phi) is 6.09. The smallest absolute Gasteiger partial charge is 0.134 e. The lowest BCUT2D eigenvalue weighted by Crippen LogP contribution is -2.00. The maximum atomic E-state index is 5.95. The molecule has 0 saturated heterocycles.